The van der Waals surface area contributed by atoms with E-state index in [0.29, 0.717) is 28.2 Å². The lowest BCUT2D eigenvalue weighted by atomic mass is 10.1. The highest BCUT2D eigenvalue weighted by atomic mass is 16.6. The summed E-state index contributed by atoms with van der Waals surface area (Å²) >= 11 is 0. The number of hydrogen-bond acceptors (Lipinski definition) is 5. The fourth-order valence-corrected chi connectivity index (χ4v) is 2.82. The van der Waals surface area contributed by atoms with E-state index in [9.17, 15) is 9.59 Å². The van der Waals surface area contributed by atoms with Crippen molar-refractivity contribution in [3.63, 3.8) is 0 Å². The van der Waals surface area contributed by atoms with E-state index in [-0.39, 0.29) is 13.2 Å². The first-order chi connectivity index (χ1) is 14.0. The lowest BCUT2D eigenvalue weighted by Gasteiger charge is -2.24. The first kappa shape index (κ1) is 19.8. The molecule has 0 aliphatic carbocycles. The lowest BCUT2D eigenvalue weighted by Crippen LogP contribution is -2.31. The number of nitrogens with two attached hydrogens (primary N) is 3. The van der Waals surface area contributed by atoms with Crippen molar-refractivity contribution in [3.8, 4) is 0 Å². The Morgan fingerprint density at radius 3 is 2.07 bits per heavy atom. The van der Waals surface area contributed by atoms with Crippen molar-refractivity contribution in [1.82, 2.24) is 0 Å². The number of hydrogen-bond donors (Lipinski definition) is 3. The minimum atomic E-state index is -0.565. The zero-order valence-corrected chi connectivity index (χ0v) is 15.7. The van der Waals surface area contributed by atoms with Crippen molar-refractivity contribution < 1.29 is 14.3 Å². The maximum absolute atomic E-state index is 12.9. The molecule has 29 heavy (non-hydrogen) atoms. The van der Waals surface area contributed by atoms with Gasteiger partial charge in [0.15, 0.2) is 0 Å². The van der Waals surface area contributed by atoms with Crippen LogP contribution in [0.2, 0.25) is 0 Å². The maximum Gasteiger partial charge on any atom is 0.415 e. The van der Waals surface area contributed by atoms with Gasteiger partial charge in [0.1, 0.15) is 6.61 Å². The molecule has 148 valence electrons. The number of amides is 2. The molecular weight excluding hydrogens is 368 g/mol. The summed E-state index contributed by atoms with van der Waals surface area (Å²) in [5, 5.41) is 0. The van der Waals surface area contributed by atoms with Crippen LogP contribution in [0.25, 0.3) is 0 Å². The molecule has 0 atom stereocenters. The molecule has 0 aromatic heterocycles. The third-order valence-corrected chi connectivity index (χ3v) is 4.43. The predicted molar refractivity (Wildman–Crippen MR) is 113 cm³/mol. The van der Waals surface area contributed by atoms with Crippen molar-refractivity contribution in [3.05, 3.63) is 89.5 Å². The number of rotatable bonds is 6. The number of nitrogen functional groups attached to an aromatic ring is 2. The van der Waals surface area contributed by atoms with E-state index >= 15 is 0 Å². The lowest BCUT2D eigenvalue weighted by molar-refractivity contribution is 0.1000. The highest BCUT2D eigenvalue weighted by molar-refractivity contribution is 5.93. The molecule has 0 radical (unpaired) electrons. The normalized spacial score (nSPS) is 10.3. The van der Waals surface area contributed by atoms with Gasteiger partial charge in [-0.05, 0) is 35.9 Å². The summed E-state index contributed by atoms with van der Waals surface area (Å²) in [5.41, 5.74) is 20.7. The van der Waals surface area contributed by atoms with Crippen molar-refractivity contribution in [1.29, 1.82) is 0 Å². The Kier molecular flexibility index (Phi) is 5.99. The van der Waals surface area contributed by atoms with Gasteiger partial charge < -0.3 is 21.9 Å². The van der Waals surface area contributed by atoms with Crippen LogP contribution in [0.3, 0.4) is 0 Å². The zero-order chi connectivity index (χ0) is 20.8. The number of carbonyl (C=O) groups is 2. The molecule has 2 amide bonds. The Morgan fingerprint density at radius 1 is 0.828 bits per heavy atom. The van der Waals surface area contributed by atoms with Gasteiger partial charge in [-0.15, -0.1) is 0 Å². The molecule has 0 saturated carbocycles. The fraction of sp³-hybridized carbons (Fsp3) is 0.0909. The molecule has 0 spiro atoms. The van der Waals surface area contributed by atoms with Crippen LogP contribution in [0.4, 0.5) is 21.9 Å². The highest BCUT2D eigenvalue weighted by Crippen LogP contribution is 2.26. The van der Waals surface area contributed by atoms with E-state index in [0.717, 1.165) is 5.56 Å². The van der Waals surface area contributed by atoms with Crippen LogP contribution in [-0.4, -0.2) is 12.0 Å². The number of anilines is 3. The monoisotopic (exact) mass is 390 g/mol. The summed E-state index contributed by atoms with van der Waals surface area (Å²) in [6, 6.07) is 20.9. The van der Waals surface area contributed by atoms with Crippen molar-refractivity contribution in [2.75, 3.05) is 16.4 Å². The van der Waals surface area contributed by atoms with Gasteiger partial charge in [-0.3, -0.25) is 9.69 Å². The van der Waals surface area contributed by atoms with Crippen LogP contribution in [0.5, 0.6) is 0 Å². The molecule has 0 fully saturated rings. The molecule has 3 rings (SSSR count). The standard InChI is InChI=1S/C22H22N4O3/c23-18-6-2-1-5-17(18)14-29-22(28)26(20-8-4-3-7-19(20)24)13-15-9-11-16(12-10-15)21(25)27/h1-12H,13-14,23-24H2,(H2,25,27). The largest absolute Gasteiger partial charge is 0.444 e. The van der Waals surface area contributed by atoms with Gasteiger partial charge in [0.05, 0.1) is 17.9 Å². The first-order valence-corrected chi connectivity index (χ1v) is 8.96. The molecule has 7 nitrogen and oxygen atoms in total. The van der Waals surface area contributed by atoms with Gasteiger partial charge in [-0.1, -0.05) is 42.5 Å². The topological polar surface area (TPSA) is 125 Å². The minimum Gasteiger partial charge on any atom is -0.444 e. The smallest absolute Gasteiger partial charge is 0.415 e. The number of carbonyl (C=O) groups excluding carboxylic acids is 2. The Hall–Kier alpha value is -4.00. The third-order valence-electron chi connectivity index (χ3n) is 4.43. The first-order valence-electron chi connectivity index (χ1n) is 8.96. The minimum absolute atomic E-state index is 0.0371. The van der Waals surface area contributed by atoms with Crippen molar-refractivity contribution in [2.24, 2.45) is 5.73 Å². The van der Waals surface area contributed by atoms with Crippen LogP contribution >= 0.6 is 0 Å². The molecule has 0 saturated heterocycles. The molecule has 0 aliphatic heterocycles. The van der Waals surface area contributed by atoms with Crippen molar-refractivity contribution >= 4 is 29.1 Å². The maximum atomic E-state index is 12.9. The molecule has 0 heterocycles. The van der Waals surface area contributed by atoms with Gasteiger partial charge >= 0.3 is 6.09 Å². The molecule has 3 aromatic carbocycles. The third kappa shape index (κ3) is 4.84. The Morgan fingerprint density at radius 2 is 1.45 bits per heavy atom. The van der Waals surface area contributed by atoms with Gasteiger partial charge in [0.25, 0.3) is 0 Å². The molecule has 0 aliphatic rings. The van der Waals surface area contributed by atoms with E-state index < -0.39 is 12.0 Å². The Balaban J connectivity index is 1.83. The quantitative estimate of drug-likeness (QED) is 0.557. The van der Waals surface area contributed by atoms with E-state index in [1.54, 1.807) is 60.7 Å². The van der Waals surface area contributed by atoms with Crippen LogP contribution < -0.4 is 22.1 Å². The van der Waals surface area contributed by atoms with E-state index in [1.165, 1.54) is 4.90 Å². The molecule has 3 aromatic rings. The summed E-state index contributed by atoms with van der Waals surface area (Å²) in [4.78, 5) is 25.6. The highest BCUT2D eigenvalue weighted by Gasteiger charge is 2.20. The number of ether oxygens (including phenoxy) is 1. The summed E-state index contributed by atoms with van der Waals surface area (Å²) in [5.74, 6) is -0.513. The predicted octanol–water partition coefficient (Wildman–Crippen LogP) is 3.29. The molecule has 0 bridgehead atoms. The second-order valence-electron chi connectivity index (χ2n) is 6.46. The summed E-state index contributed by atoms with van der Waals surface area (Å²) < 4.78 is 5.49. The number of para-hydroxylation sites is 3. The van der Waals surface area contributed by atoms with Crippen LogP contribution in [0.1, 0.15) is 21.5 Å². The summed E-state index contributed by atoms with van der Waals surface area (Å²) in [6.45, 7) is 0.242. The number of primary amides is 1. The van der Waals surface area contributed by atoms with Crippen LogP contribution in [0, 0.1) is 0 Å². The average molecular weight is 390 g/mol. The number of nitrogens with zero attached hydrogens (tertiary/aromatic N) is 1. The summed E-state index contributed by atoms with van der Waals surface area (Å²) in [7, 11) is 0. The van der Waals surface area contributed by atoms with E-state index in [4.69, 9.17) is 21.9 Å². The fourth-order valence-electron chi connectivity index (χ4n) is 2.82. The Labute approximate surface area is 168 Å². The average Bonchev–Trinajstić information content (AvgIpc) is 2.72. The van der Waals surface area contributed by atoms with Gasteiger partial charge in [0.2, 0.25) is 5.91 Å². The zero-order valence-electron chi connectivity index (χ0n) is 15.7. The molecule has 0 unspecified atom stereocenters. The SMILES string of the molecule is NC(=O)c1ccc(CN(C(=O)OCc2ccccc2N)c2ccccc2N)cc1. The van der Waals surface area contributed by atoms with Gasteiger partial charge in [0, 0.05) is 16.8 Å². The molecular formula is C22H22N4O3. The summed E-state index contributed by atoms with van der Waals surface area (Å²) in [6.07, 6.45) is -0.565. The molecule has 6 N–H and O–H groups in total. The number of benzene rings is 3. The Bertz CT molecular complexity index is 1020. The van der Waals surface area contributed by atoms with Crippen LogP contribution in [-0.2, 0) is 17.9 Å². The van der Waals surface area contributed by atoms with Crippen molar-refractivity contribution in [2.45, 2.75) is 13.2 Å². The van der Waals surface area contributed by atoms with E-state index in [1.807, 2.05) is 12.1 Å². The van der Waals surface area contributed by atoms with Gasteiger partial charge in [-0.25, -0.2) is 4.79 Å². The molecule has 7 heteroatoms. The second-order valence-corrected chi connectivity index (χ2v) is 6.46. The van der Waals surface area contributed by atoms with E-state index in [2.05, 4.69) is 0 Å². The second kappa shape index (κ2) is 8.79. The van der Waals surface area contributed by atoms with Crippen LogP contribution in [0.15, 0.2) is 72.8 Å². The van der Waals surface area contributed by atoms with Gasteiger partial charge in [-0.2, -0.15) is 0 Å².